The smallest absolute Gasteiger partial charge is 0.0430 e. The van der Waals surface area contributed by atoms with Gasteiger partial charge in [-0.3, -0.25) is 0 Å². The first-order chi connectivity index (χ1) is 6.77. The molecule has 1 atom stereocenters. The van der Waals surface area contributed by atoms with Crippen molar-refractivity contribution in [3.05, 3.63) is 34.9 Å². The molecule has 0 aromatic heterocycles. The molecule has 1 nitrogen and oxygen atoms in total. The zero-order chi connectivity index (χ0) is 10.4. The van der Waals surface area contributed by atoms with Crippen molar-refractivity contribution in [2.75, 3.05) is 6.54 Å². The van der Waals surface area contributed by atoms with Gasteiger partial charge in [0.15, 0.2) is 0 Å². The lowest BCUT2D eigenvalue weighted by Crippen LogP contribution is -2.20. The van der Waals surface area contributed by atoms with E-state index < -0.39 is 0 Å². The summed E-state index contributed by atoms with van der Waals surface area (Å²) in [6, 6.07) is 8.03. The van der Waals surface area contributed by atoms with Gasteiger partial charge in [0.05, 0.1) is 0 Å². The summed E-state index contributed by atoms with van der Waals surface area (Å²) in [5.41, 5.74) is 1.19. The summed E-state index contributed by atoms with van der Waals surface area (Å²) in [4.78, 5) is 0. The third kappa shape index (κ3) is 3.06. The fraction of sp³-hybridized carbons (Fsp3) is 0.333. The van der Waals surface area contributed by atoms with Gasteiger partial charge in [-0.05, 0) is 24.2 Å². The molecule has 1 aromatic rings. The summed E-state index contributed by atoms with van der Waals surface area (Å²) in [5, 5.41) is 4.09. The van der Waals surface area contributed by atoms with Crippen molar-refractivity contribution >= 4 is 11.6 Å². The molecule has 2 heteroatoms. The number of hydrogen-bond acceptors (Lipinski definition) is 1. The van der Waals surface area contributed by atoms with Gasteiger partial charge in [0.25, 0.3) is 0 Å². The van der Waals surface area contributed by atoms with Gasteiger partial charge in [0.1, 0.15) is 0 Å². The number of halogens is 1. The van der Waals surface area contributed by atoms with Crippen LogP contribution in [0.25, 0.3) is 0 Å². The fourth-order valence-corrected chi connectivity index (χ4v) is 1.49. The van der Waals surface area contributed by atoms with E-state index in [9.17, 15) is 0 Å². The van der Waals surface area contributed by atoms with E-state index in [-0.39, 0.29) is 6.04 Å². The summed E-state index contributed by atoms with van der Waals surface area (Å²) >= 11 is 5.81. The van der Waals surface area contributed by atoms with Gasteiger partial charge in [0, 0.05) is 17.5 Å². The van der Waals surface area contributed by atoms with Crippen LogP contribution >= 0.6 is 11.6 Å². The maximum Gasteiger partial charge on any atom is 0.0430 e. The second-order valence-electron chi connectivity index (χ2n) is 3.07. The first kappa shape index (κ1) is 11.1. The highest BCUT2D eigenvalue weighted by Gasteiger charge is 2.07. The minimum absolute atomic E-state index is 0.238. The largest absolute Gasteiger partial charge is 0.309 e. The lowest BCUT2D eigenvalue weighted by Gasteiger charge is -2.15. The Bertz CT molecular complexity index is 310. The highest BCUT2D eigenvalue weighted by molar-refractivity contribution is 6.30. The maximum atomic E-state index is 5.81. The Balaban J connectivity index is 2.77. The molecule has 1 rings (SSSR count). The topological polar surface area (TPSA) is 12.0 Å². The first-order valence-corrected chi connectivity index (χ1v) is 5.08. The van der Waals surface area contributed by atoms with Crippen molar-refractivity contribution in [2.24, 2.45) is 0 Å². The normalized spacial score (nSPS) is 12.1. The van der Waals surface area contributed by atoms with Crippen LogP contribution in [-0.2, 0) is 0 Å². The zero-order valence-electron chi connectivity index (χ0n) is 8.26. The molecule has 14 heavy (non-hydrogen) atoms. The molecule has 0 amide bonds. The molecule has 0 aliphatic carbocycles. The predicted molar refractivity (Wildman–Crippen MR) is 61.3 cm³/mol. The van der Waals surface area contributed by atoms with E-state index in [1.165, 1.54) is 5.56 Å². The van der Waals surface area contributed by atoms with Crippen molar-refractivity contribution in [1.82, 2.24) is 5.32 Å². The molecule has 0 fully saturated rings. The SMILES string of the molecule is C#CCC(NCC)c1ccc(Cl)cc1. The molecule has 1 N–H and O–H groups in total. The van der Waals surface area contributed by atoms with Gasteiger partial charge < -0.3 is 5.32 Å². The lowest BCUT2D eigenvalue weighted by molar-refractivity contribution is 0.565. The summed E-state index contributed by atoms with van der Waals surface area (Å²) < 4.78 is 0. The van der Waals surface area contributed by atoms with Crippen LogP contribution in [0.3, 0.4) is 0 Å². The molecular weight excluding hydrogens is 194 g/mol. The second kappa shape index (κ2) is 5.70. The Morgan fingerprint density at radius 3 is 2.57 bits per heavy atom. The van der Waals surface area contributed by atoms with Gasteiger partial charge in [-0.15, -0.1) is 12.3 Å². The molecule has 0 saturated heterocycles. The standard InChI is InChI=1S/C12H14ClN/c1-3-5-12(14-4-2)10-6-8-11(13)9-7-10/h1,6-9,12,14H,4-5H2,2H3. The van der Waals surface area contributed by atoms with Crippen LogP contribution in [-0.4, -0.2) is 6.54 Å². The maximum absolute atomic E-state index is 5.81. The van der Waals surface area contributed by atoms with E-state index in [2.05, 4.69) is 18.2 Å². The van der Waals surface area contributed by atoms with E-state index >= 15 is 0 Å². The summed E-state index contributed by atoms with van der Waals surface area (Å²) in [5.74, 6) is 2.67. The molecule has 0 saturated carbocycles. The monoisotopic (exact) mass is 207 g/mol. The van der Waals surface area contributed by atoms with Crippen LogP contribution < -0.4 is 5.32 Å². The van der Waals surface area contributed by atoms with E-state index in [1.807, 2.05) is 24.3 Å². The lowest BCUT2D eigenvalue weighted by atomic mass is 10.0. The van der Waals surface area contributed by atoms with Crippen LogP contribution in [0.5, 0.6) is 0 Å². The molecule has 0 radical (unpaired) electrons. The summed E-state index contributed by atoms with van der Waals surface area (Å²) in [6.07, 6.45) is 6.01. The van der Waals surface area contributed by atoms with Crippen LogP contribution in [0.1, 0.15) is 24.9 Å². The quantitative estimate of drug-likeness (QED) is 0.749. The molecular formula is C12H14ClN. The minimum Gasteiger partial charge on any atom is -0.309 e. The van der Waals surface area contributed by atoms with Crippen molar-refractivity contribution < 1.29 is 0 Å². The third-order valence-electron chi connectivity index (χ3n) is 2.04. The van der Waals surface area contributed by atoms with Crippen LogP contribution in [0.15, 0.2) is 24.3 Å². The Labute approximate surface area is 90.5 Å². The summed E-state index contributed by atoms with van der Waals surface area (Å²) in [7, 11) is 0. The number of nitrogens with one attached hydrogen (secondary N) is 1. The molecule has 0 spiro atoms. The molecule has 0 heterocycles. The highest BCUT2D eigenvalue weighted by atomic mass is 35.5. The van der Waals surface area contributed by atoms with E-state index in [0.29, 0.717) is 6.42 Å². The van der Waals surface area contributed by atoms with Gasteiger partial charge in [-0.2, -0.15) is 0 Å². The number of benzene rings is 1. The average molecular weight is 208 g/mol. The van der Waals surface area contributed by atoms with Crippen LogP contribution in [0.4, 0.5) is 0 Å². The van der Waals surface area contributed by atoms with Gasteiger partial charge in [-0.25, -0.2) is 0 Å². The van der Waals surface area contributed by atoms with E-state index in [4.69, 9.17) is 18.0 Å². The van der Waals surface area contributed by atoms with Crippen molar-refractivity contribution in [3.63, 3.8) is 0 Å². The molecule has 1 aromatic carbocycles. The Hall–Kier alpha value is -0.970. The van der Waals surface area contributed by atoms with E-state index in [0.717, 1.165) is 11.6 Å². The average Bonchev–Trinajstić information content (AvgIpc) is 2.19. The minimum atomic E-state index is 0.238. The van der Waals surface area contributed by atoms with Crippen LogP contribution in [0, 0.1) is 12.3 Å². The molecule has 1 unspecified atom stereocenters. The Morgan fingerprint density at radius 2 is 2.07 bits per heavy atom. The molecule has 0 aliphatic heterocycles. The zero-order valence-corrected chi connectivity index (χ0v) is 9.01. The Kier molecular flexibility index (Phi) is 4.52. The fourth-order valence-electron chi connectivity index (χ4n) is 1.37. The predicted octanol–water partition coefficient (Wildman–Crippen LogP) is 3.01. The van der Waals surface area contributed by atoms with Crippen molar-refractivity contribution in [1.29, 1.82) is 0 Å². The molecule has 74 valence electrons. The van der Waals surface area contributed by atoms with Gasteiger partial charge in [-0.1, -0.05) is 30.7 Å². The third-order valence-corrected chi connectivity index (χ3v) is 2.30. The number of hydrogen-bond donors (Lipinski definition) is 1. The second-order valence-corrected chi connectivity index (χ2v) is 3.51. The van der Waals surface area contributed by atoms with Gasteiger partial charge in [0.2, 0.25) is 0 Å². The Morgan fingerprint density at radius 1 is 1.43 bits per heavy atom. The number of rotatable bonds is 4. The van der Waals surface area contributed by atoms with Gasteiger partial charge >= 0.3 is 0 Å². The van der Waals surface area contributed by atoms with Crippen molar-refractivity contribution in [2.45, 2.75) is 19.4 Å². The molecule has 0 aliphatic rings. The molecule has 0 bridgehead atoms. The first-order valence-electron chi connectivity index (χ1n) is 4.70. The summed E-state index contributed by atoms with van der Waals surface area (Å²) in [6.45, 7) is 2.98. The number of terminal acetylenes is 1. The van der Waals surface area contributed by atoms with Crippen LogP contribution in [0.2, 0.25) is 5.02 Å². The van der Waals surface area contributed by atoms with Crippen molar-refractivity contribution in [3.8, 4) is 12.3 Å². The highest BCUT2D eigenvalue weighted by Crippen LogP contribution is 2.18. The van der Waals surface area contributed by atoms with E-state index in [1.54, 1.807) is 0 Å².